The molecule has 4 rings (SSSR count). The molecule has 0 unspecified atom stereocenters. The summed E-state index contributed by atoms with van der Waals surface area (Å²) < 4.78 is 6.92. The van der Waals surface area contributed by atoms with E-state index in [1.54, 1.807) is 12.3 Å². The number of esters is 1. The zero-order valence-electron chi connectivity index (χ0n) is 17.1. The number of rotatable bonds is 7. The monoisotopic (exact) mass is 436 g/mol. The molecule has 1 fully saturated rings. The minimum absolute atomic E-state index is 0.0856. The number of carbonyl (C=O) groups is 1. The Kier molecular flexibility index (Phi) is 6.29. The van der Waals surface area contributed by atoms with Crippen LogP contribution >= 0.6 is 12.2 Å². The molecule has 1 aromatic carbocycles. The molecule has 0 bridgehead atoms. The van der Waals surface area contributed by atoms with Gasteiger partial charge >= 0.3 is 5.97 Å². The van der Waals surface area contributed by atoms with E-state index in [4.69, 9.17) is 17.0 Å². The van der Waals surface area contributed by atoms with Gasteiger partial charge in [0.1, 0.15) is 0 Å². The molecule has 0 spiro atoms. The number of aliphatic hydroxyl groups excluding tert-OH is 1. The lowest BCUT2D eigenvalue weighted by Gasteiger charge is -2.28. The average Bonchev–Trinajstić information content (AvgIpc) is 3.42. The van der Waals surface area contributed by atoms with Gasteiger partial charge in [0.25, 0.3) is 0 Å². The molecule has 2 N–H and O–H groups in total. The predicted molar refractivity (Wildman–Crippen MR) is 121 cm³/mol. The Balaban J connectivity index is 1.78. The van der Waals surface area contributed by atoms with Gasteiger partial charge in [-0.3, -0.25) is 4.98 Å². The summed E-state index contributed by atoms with van der Waals surface area (Å²) in [5.74, 6) is -0.379. The van der Waals surface area contributed by atoms with E-state index in [2.05, 4.69) is 19.8 Å². The lowest BCUT2D eigenvalue weighted by molar-refractivity contribution is 0.0600. The molecular formula is C23H24N4O3S. The number of benzene rings is 1. The molecule has 3 aromatic rings. The van der Waals surface area contributed by atoms with E-state index in [0.717, 1.165) is 17.1 Å². The first-order chi connectivity index (χ1) is 15.1. The molecule has 160 valence electrons. The van der Waals surface area contributed by atoms with Gasteiger partial charge in [0.2, 0.25) is 0 Å². The van der Waals surface area contributed by atoms with E-state index < -0.39 is 0 Å². The van der Waals surface area contributed by atoms with Gasteiger partial charge in [-0.2, -0.15) is 0 Å². The second kappa shape index (κ2) is 9.28. The standard InChI is InChI=1S/C23H24N4O3S/c1-30-22(29)16-7-4-8-17(15-16)26-12-5-10-19(26)21-20(18-9-2-3-11-24-18)25-23(31)27(21)13-6-14-28/h2-5,7-12,15,20-21,28H,6,13-14H2,1H3,(H,25,31)/t20-,21-/m0/s1. The van der Waals surface area contributed by atoms with E-state index in [-0.39, 0.29) is 24.7 Å². The van der Waals surface area contributed by atoms with Crippen molar-refractivity contribution in [3.8, 4) is 5.69 Å². The Morgan fingerprint density at radius 1 is 1.23 bits per heavy atom. The molecule has 2 aromatic heterocycles. The summed E-state index contributed by atoms with van der Waals surface area (Å²) in [4.78, 5) is 18.7. The number of hydrogen-bond donors (Lipinski definition) is 2. The van der Waals surface area contributed by atoms with Crippen molar-refractivity contribution >= 4 is 23.3 Å². The van der Waals surface area contributed by atoms with E-state index in [1.807, 2.05) is 54.7 Å². The molecule has 1 saturated heterocycles. The van der Waals surface area contributed by atoms with Crippen LogP contribution < -0.4 is 5.32 Å². The van der Waals surface area contributed by atoms with Crippen molar-refractivity contribution in [1.82, 2.24) is 19.8 Å². The van der Waals surface area contributed by atoms with Crippen molar-refractivity contribution in [1.29, 1.82) is 0 Å². The maximum Gasteiger partial charge on any atom is 0.337 e. The topological polar surface area (TPSA) is 79.6 Å². The number of hydrogen-bond acceptors (Lipinski definition) is 5. The maximum atomic E-state index is 12.0. The number of methoxy groups -OCH3 is 1. The fourth-order valence-corrected chi connectivity index (χ4v) is 4.31. The summed E-state index contributed by atoms with van der Waals surface area (Å²) >= 11 is 5.65. The molecule has 7 nitrogen and oxygen atoms in total. The number of aromatic nitrogens is 2. The second-order valence-corrected chi connectivity index (χ2v) is 7.63. The van der Waals surface area contributed by atoms with Gasteiger partial charge in [-0.15, -0.1) is 0 Å². The Morgan fingerprint density at radius 2 is 2.10 bits per heavy atom. The minimum Gasteiger partial charge on any atom is -0.465 e. The van der Waals surface area contributed by atoms with Gasteiger partial charge in [-0.05, 0) is 61.1 Å². The summed E-state index contributed by atoms with van der Waals surface area (Å²) in [5, 5.41) is 13.4. The van der Waals surface area contributed by atoms with Crippen molar-refractivity contribution in [3.05, 3.63) is 83.9 Å². The highest BCUT2D eigenvalue weighted by Gasteiger charge is 2.40. The summed E-state index contributed by atoms with van der Waals surface area (Å²) in [7, 11) is 1.37. The highest BCUT2D eigenvalue weighted by atomic mass is 32.1. The van der Waals surface area contributed by atoms with Crippen LogP contribution in [-0.2, 0) is 4.74 Å². The number of pyridine rings is 1. The smallest absolute Gasteiger partial charge is 0.337 e. The van der Waals surface area contributed by atoms with Crippen LogP contribution in [-0.4, -0.2) is 50.9 Å². The number of ether oxygens (including phenoxy) is 1. The Labute approximate surface area is 186 Å². The van der Waals surface area contributed by atoms with Gasteiger partial charge in [-0.1, -0.05) is 12.1 Å². The number of carbonyl (C=O) groups excluding carboxylic acids is 1. The van der Waals surface area contributed by atoms with E-state index in [9.17, 15) is 9.90 Å². The molecule has 0 aliphatic carbocycles. The number of nitrogens with one attached hydrogen (secondary N) is 1. The van der Waals surface area contributed by atoms with Gasteiger partial charge in [0.15, 0.2) is 5.11 Å². The second-order valence-electron chi connectivity index (χ2n) is 7.24. The van der Waals surface area contributed by atoms with Gasteiger partial charge in [0.05, 0.1) is 30.5 Å². The maximum absolute atomic E-state index is 12.0. The molecule has 8 heteroatoms. The summed E-state index contributed by atoms with van der Waals surface area (Å²) in [6.45, 7) is 0.700. The Hall–Kier alpha value is -3.23. The zero-order chi connectivity index (χ0) is 21.8. The predicted octanol–water partition coefficient (Wildman–Crippen LogP) is 3.01. The molecule has 3 heterocycles. The molecule has 0 radical (unpaired) electrons. The molecule has 0 saturated carbocycles. The van der Waals surface area contributed by atoms with Gasteiger partial charge in [-0.25, -0.2) is 4.79 Å². The largest absolute Gasteiger partial charge is 0.465 e. The van der Waals surface area contributed by atoms with Gasteiger partial charge in [0, 0.05) is 36.9 Å². The first-order valence-electron chi connectivity index (χ1n) is 10.1. The van der Waals surface area contributed by atoms with E-state index >= 15 is 0 Å². The van der Waals surface area contributed by atoms with Crippen molar-refractivity contribution in [2.45, 2.75) is 18.5 Å². The Morgan fingerprint density at radius 3 is 2.84 bits per heavy atom. The van der Waals surface area contributed by atoms with Crippen LogP contribution in [0.25, 0.3) is 5.69 Å². The van der Waals surface area contributed by atoms with Crippen LogP contribution in [0, 0.1) is 0 Å². The Bertz CT molecular complexity index is 1070. The average molecular weight is 437 g/mol. The third kappa shape index (κ3) is 4.17. The minimum atomic E-state index is -0.379. The van der Waals surface area contributed by atoms with Crippen LogP contribution in [0.4, 0.5) is 0 Å². The third-order valence-corrected chi connectivity index (χ3v) is 5.74. The fraction of sp³-hybridized carbons (Fsp3) is 0.261. The van der Waals surface area contributed by atoms with Crippen LogP contribution in [0.2, 0.25) is 0 Å². The number of nitrogens with zero attached hydrogens (tertiary/aromatic N) is 3. The van der Waals surface area contributed by atoms with Crippen molar-refractivity contribution in [3.63, 3.8) is 0 Å². The highest BCUT2D eigenvalue weighted by Crippen LogP contribution is 2.39. The zero-order valence-corrected chi connectivity index (χ0v) is 18.0. The summed E-state index contributed by atoms with van der Waals surface area (Å²) in [6, 6.07) is 16.9. The first kappa shape index (κ1) is 21.0. The van der Waals surface area contributed by atoms with Crippen LogP contribution in [0.1, 0.15) is 40.3 Å². The highest BCUT2D eigenvalue weighted by molar-refractivity contribution is 7.80. The molecule has 1 aliphatic rings. The van der Waals surface area contributed by atoms with Crippen molar-refractivity contribution in [2.24, 2.45) is 0 Å². The lowest BCUT2D eigenvalue weighted by atomic mass is 10.0. The van der Waals surface area contributed by atoms with Crippen molar-refractivity contribution in [2.75, 3.05) is 20.3 Å². The molecule has 0 amide bonds. The lowest BCUT2D eigenvalue weighted by Crippen LogP contribution is -2.31. The molecule has 31 heavy (non-hydrogen) atoms. The summed E-state index contributed by atoms with van der Waals surface area (Å²) in [5.41, 5.74) is 3.22. The fourth-order valence-electron chi connectivity index (χ4n) is 3.98. The molecule has 2 atom stereocenters. The first-order valence-corrected chi connectivity index (χ1v) is 10.5. The van der Waals surface area contributed by atoms with Crippen LogP contribution in [0.15, 0.2) is 67.0 Å². The summed E-state index contributed by atoms with van der Waals surface area (Å²) in [6.07, 6.45) is 4.34. The van der Waals surface area contributed by atoms with Crippen LogP contribution in [0.5, 0.6) is 0 Å². The molecule has 1 aliphatic heterocycles. The van der Waals surface area contributed by atoms with Gasteiger partial charge < -0.3 is 24.6 Å². The SMILES string of the molecule is COC(=O)c1cccc(-n2cccc2[C@H]2[C@H](c3ccccn3)NC(=S)N2CCCO)c1. The number of aliphatic hydroxyl groups is 1. The van der Waals surface area contributed by atoms with E-state index in [1.165, 1.54) is 7.11 Å². The van der Waals surface area contributed by atoms with Crippen LogP contribution in [0.3, 0.4) is 0 Å². The normalized spacial score (nSPS) is 18.1. The third-order valence-electron chi connectivity index (χ3n) is 5.38. The number of thiocarbonyl (C=S) groups is 1. The quantitative estimate of drug-likeness (QED) is 0.435. The van der Waals surface area contributed by atoms with Crippen molar-refractivity contribution < 1.29 is 14.6 Å². The molecular weight excluding hydrogens is 412 g/mol. The van der Waals surface area contributed by atoms with E-state index in [0.29, 0.717) is 23.6 Å².